The second-order valence-corrected chi connectivity index (χ2v) is 3.78. The summed E-state index contributed by atoms with van der Waals surface area (Å²) in [6.45, 7) is 3.27. The maximum absolute atomic E-state index is 10.9. The molecule has 0 aliphatic heterocycles. The molecule has 0 saturated heterocycles. The number of carbonyl (C=O) groups is 1. The summed E-state index contributed by atoms with van der Waals surface area (Å²) in [7, 11) is 0. The van der Waals surface area contributed by atoms with Crippen molar-refractivity contribution in [1.82, 2.24) is 4.98 Å². The van der Waals surface area contributed by atoms with Crippen molar-refractivity contribution in [3.8, 4) is 0 Å². The maximum atomic E-state index is 10.9. The molecule has 0 bridgehead atoms. The SMILES string of the molecule is CCN(Cc1ccco1)c1cccc(C(=O)O)n1. The van der Waals surface area contributed by atoms with Crippen LogP contribution in [0.15, 0.2) is 41.0 Å². The topological polar surface area (TPSA) is 66.6 Å². The molecule has 94 valence electrons. The molecule has 2 aromatic rings. The van der Waals surface area contributed by atoms with Crippen LogP contribution in [0.25, 0.3) is 0 Å². The molecule has 0 aliphatic rings. The Morgan fingerprint density at radius 3 is 2.83 bits per heavy atom. The third-order valence-electron chi connectivity index (χ3n) is 2.59. The smallest absolute Gasteiger partial charge is 0.354 e. The summed E-state index contributed by atoms with van der Waals surface area (Å²) in [4.78, 5) is 16.9. The zero-order valence-corrected chi connectivity index (χ0v) is 10.0. The highest BCUT2D eigenvalue weighted by Gasteiger charge is 2.11. The highest BCUT2D eigenvalue weighted by Crippen LogP contribution is 2.15. The van der Waals surface area contributed by atoms with E-state index in [1.165, 1.54) is 6.07 Å². The van der Waals surface area contributed by atoms with E-state index in [2.05, 4.69) is 4.98 Å². The summed E-state index contributed by atoms with van der Waals surface area (Å²) in [6, 6.07) is 8.66. The van der Waals surface area contributed by atoms with Crippen LogP contribution in [0.4, 0.5) is 5.82 Å². The molecule has 5 nitrogen and oxygen atoms in total. The lowest BCUT2D eigenvalue weighted by Gasteiger charge is -2.20. The van der Waals surface area contributed by atoms with Gasteiger partial charge in [-0.05, 0) is 31.2 Å². The van der Waals surface area contributed by atoms with Crippen LogP contribution in [-0.4, -0.2) is 22.6 Å². The first-order valence-corrected chi connectivity index (χ1v) is 5.68. The van der Waals surface area contributed by atoms with Crippen molar-refractivity contribution in [2.45, 2.75) is 13.5 Å². The van der Waals surface area contributed by atoms with Crippen LogP contribution in [0.2, 0.25) is 0 Å². The number of pyridine rings is 1. The van der Waals surface area contributed by atoms with Gasteiger partial charge in [0.05, 0.1) is 12.8 Å². The zero-order valence-electron chi connectivity index (χ0n) is 10.0. The minimum absolute atomic E-state index is 0.0467. The first kappa shape index (κ1) is 12.2. The Morgan fingerprint density at radius 1 is 1.39 bits per heavy atom. The van der Waals surface area contributed by atoms with Gasteiger partial charge in [0.1, 0.15) is 11.6 Å². The number of furan rings is 1. The number of rotatable bonds is 5. The number of hydrogen-bond donors (Lipinski definition) is 1. The van der Waals surface area contributed by atoms with Crippen LogP contribution in [0.5, 0.6) is 0 Å². The van der Waals surface area contributed by atoms with Crippen molar-refractivity contribution in [1.29, 1.82) is 0 Å². The summed E-state index contributed by atoms with van der Waals surface area (Å²) in [5, 5.41) is 8.92. The van der Waals surface area contributed by atoms with Crippen molar-refractivity contribution in [2.24, 2.45) is 0 Å². The Hall–Kier alpha value is -2.30. The first-order valence-electron chi connectivity index (χ1n) is 5.68. The predicted molar refractivity (Wildman–Crippen MR) is 66.6 cm³/mol. The number of anilines is 1. The molecule has 2 rings (SSSR count). The Bertz CT molecular complexity index is 523. The fraction of sp³-hybridized carbons (Fsp3) is 0.231. The van der Waals surface area contributed by atoms with Gasteiger partial charge in [-0.3, -0.25) is 0 Å². The Balaban J connectivity index is 2.21. The number of aromatic nitrogens is 1. The lowest BCUT2D eigenvalue weighted by molar-refractivity contribution is 0.0690. The fourth-order valence-corrected chi connectivity index (χ4v) is 1.66. The molecule has 0 amide bonds. The second kappa shape index (κ2) is 5.35. The van der Waals surface area contributed by atoms with Crippen LogP contribution in [0.1, 0.15) is 23.2 Å². The van der Waals surface area contributed by atoms with E-state index in [0.29, 0.717) is 12.4 Å². The molecule has 0 radical (unpaired) electrons. The summed E-state index contributed by atoms with van der Waals surface area (Å²) in [5.41, 5.74) is 0.0467. The summed E-state index contributed by atoms with van der Waals surface area (Å²) in [5.74, 6) is 0.430. The van der Waals surface area contributed by atoms with Gasteiger partial charge in [-0.2, -0.15) is 0 Å². The number of carboxylic acid groups (broad SMARTS) is 1. The zero-order chi connectivity index (χ0) is 13.0. The van der Waals surface area contributed by atoms with Gasteiger partial charge in [0.15, 0.2) is 5.69 Å². The Kier molecular flexibility index (Phi) is 3.62. The predicted octanol–water partition coefficient (Wildman–Crippen LogP) is 2.40. The van der Waals surface area contributed by atoms with Crippen molar-refractivity contribution in [3.63, 3.8) is 0 Å². The molecule has 0 unspecified atom stereocenters. The molecule has 0 saturated carbocycles. The van der Waals surface area contributed by atoms with Crippen molar-refractivity contribution in [2.75, 3.05) is 11.4 Å². The lowest BCUT2D eigenvalue weighted by atomic mass is 10.3. The van der Waals surface area contributed by atoms with Crippen LogP contribution < -0.4 is 4.90 Å². The van der Waals surface area contributed by atoms with Gasteiger partial charge < -0.3 is 14.4 Å². The van der Waals surface area contributed by atoms with Gasteiger partial charge in [0.25, 0.3) is 0 Å². The van der Waals surface area contributed by atoms with Gasteiger partial charge >= 0.3 is 5.97 Å². The van der Waals surface area contributed by atoms with Crippen molar-refractivity contribution >= 4 is 11.8 Å². The molecule has 1 N–H and O–H groups in total. The summed E-state index contributed by atoms with van der Waals surface area (Å²) >= 11 is 0. The monoisotopic (exact) mass is 246 g/mol. The van der Waals surface area contributed by atoms with Crippen molar-refractivity contribution < 1.29 is 14.3 Å². The van der Waals surface area contributed by atoms with E-state index in [4.69, 9.17) is 9.52 Å². The number of nitrogens with zero attached hydrogens (tertiary/aromatic N) is 2. The normalized spacial score (nSPS) is 10.3. The molecule has 2 heterocycles. The van der Waals surface area contributed by atoms with Crippen molar-refractivity contribution in [3.05, 3.63) is 48.0 Å². The summed E-state index contributed by atoms with van der Waals surface area (Å²) in [6.07, 6.45) is 1.62. The van der Waals surface area contributed by atoms with E-state index in [1.54, 1.807) is 18.4 Å². The van der Waals surface area contributed by atoms with E-state index in [-0.39, 0.29) is 5.69 Å². The second-order valence-electron chi connectivity index (χ2n) is 3.78. The summed E-state index contributed by atoms with van der Waals surface area (Å²) < 4.78 is 5.28. The molecule has 0 fully saturated rings. The van der Waals surface area contributed by atoms with Gasteiger partial charge in [-0.25, -0.2) is 9.78 Å². The fourth-order valence-electron chi connectivity index (χ4n) is 1.66. The number of hydrogen-bond acceptors (Lipinski definition) is 4. The minimum atomic E-state index is -1.02. The molecular formula is C13H14N2O3. The third-order valence-corrected chi connectivity index (χ3v) is 2.59. The number of aromatic carboxylic acids is 1. The van der Waals surface area contributed by atoms with E-state index in [9.17, 15) is 4.79 Å². The van der Waals surface area contributed by atoms with Crippen LogP contribution in [0, 0.1) is 0 Å². The first-order chi connectivity index (χ1) is 8.70. The molecule has 0 aromatic carbocycles. The van der Waals surface area contributed by atoms with E-state index < -0.39 is 5.97 Å². The van der Waals surface area contributed by atoms with E-state index in [1.807, 2.05) is 24.0 Å². The van der Waals surface area contributed by atoms with Crippen LogP contribution in [0.3, 0.4) is 0 Å². The molecule has 2 aromatic heterocycles. The third kappa shape index (κ3) is 2.68. The van der Waals surface area contributed by atoms with Gasteiger partial charge in [0.2, 0.25) is 0 Å². The van der Waals surface area contributed by atoms with Gasteiger partial charge in [-0.1, -0.05) is 6.07 Å². The van der Waals surface area contributed by atoms with E-state index in [0.717, 1.165) is 12.3 Å². The molecule has 0 atom stereocenters. The maximum Gasteiger partial charge on any atom is 0.354 e. The molecule has 18 heavy (non-hydrogen) atoms. The van der Waals surface area contributed by atoms with E-state index >= 15 is 0 Å². The Labute approximate surface area is 105 Å². The van der Waals surface area contributed by atoms with Crippen LogP contribution in [-0.2, 0) is 6.54 Å². The lowest BCUT2D eigenvalue weighted by Crippen LogP contribution is -2.23. The minimum Gasteiger partial charge on any atom is -0.477 e. The molecule has 5 heteroatoms. The molecule has 0 spiro atoms. The molecule has 0 aliphatic carbocycles. The standard InChI is InChI=1S/C13H14N2O3/c1-2-15(9-10-5-4-8-18-10)12-7-3-6-11(14-12)13(16)17/h3-8H,2,9H2,1H3,(H,16,17). The largest absolute Gasteiger partial charge is 0.477 e. The highest BCUT2D eigenvalue weighted by atomic mass is 16.4. The average Bonchev–Trinajstić information content (AvgIpc) is 2.89. The molecular weight excluding hydrogens is 232 g/mol. The van der Waals surface area contributed by atoms with Gasteiger partial charge in [0, 0.05) is 6.54 Å². The van der Waals surface area contributed by atoms with Crippen LogP contribution >= 0.6 is 0 Å². The quantitative estimate of drug-likeness (QED) is 0.877. The highest BCUT2D eigenvalue weighted by molar-refractivity contribution is 5.85. The average molecular weight is 246 g/mol. The Morgan fingerprint density at radius 2 is 2.22 bits per heavy atom. The van der Waals surface area contributed by atoms with Gasteiger partial charge in [-0.15, -0.1) is 0 Å². The number of carboxylic acids is 1.